The van der Waals surface area contributed by atoms with Crippen molar-refractivity contribution in [3.63, 3.8) is 0 Å². The molecule has 5 heteroatoms. The fourth-order valence-corrected chi connectivity index (χ4v) is 1.86. The average molecular weight is 290 g/mol. The molecule has 0 aliphatic rings. The number of carbonyl (C=O) groups excluding carboxylic acids is 2. The zero-order chi connectivity index (χ0) is 14.9. The standard InChI is InChI=1S/C14H26O4S/c1-12(16)19-11-10-18-14(4,5)7-9-17-13(2,3)6-8-15/h8H,6-7,9-11H2,1-5H3. The summed E-state index contributed by atoms with van der Waals surface area (Å²) in [6.07, 6.45) is 2.02. The summed E-state index contributed by atoms with van der Waals surface area (Å²) < 4.78 is 11.4. The van der Waals surface area contributed by atoms with Crippen LogP contribution in [0.3, 0.4) is 0 Å². The molecule has 4 nitrogen and oxygen atoms in total. The van der Waals surface area contributed by atoms with Crippen LogP contribution < -0.4 is 0 Å². The van der Waals surface area contributed by atoms with Crippen molar-refractivity contribution in [3.8, 4) is 0 Å². The number of carbonyl (C=O) groups is 2. The van der Waals surface area contributed by atoms with E-state index in [0.29, 0.717) is 25.4 Å². The minimum Gasteiger partial charge on any atom is -0.375 e. The fourth-order valence-electron chi connectivity index (χ4n) is 1.41. The molecule has 0 N–H and O–H groups in total. The number of hydrogen-bond donors (Lipinski definition) is 0. The minimum atomic E-state index is -0.414. The van der Waals surface area contributed by atoms with Crippen molar-refractivity contribution in [2.75, 3.05) is 19.0 Å². The topological polar surface area (TPSA) is 52.6 Å². The molecule has 0 aliphatic heterocycles. The lowest BCUT2D eigenvalue weighted by molar-refractivity contribution is -0.115. The zero-order valence-electron chi connectivity index (χ0n) is 12.7. The van der Waals surface area contributed by atoms with Crippen LogP contribution in [-0.2, 0) is 19.1 Å². The number of rotatable bonds is 10. The lowest BCUT2D eigenvalue weighted by atomic mass is 10.0. The van der Waals surface area contributed by atoms with Crippen LogP contribution in [0.1, 0.15) is 47.5 Å². The normalized spacial score (nSPS) is 12.5. The molecule has 0 aromatic rings. The Morgan fingerprint density at radius 1 is 1.11 bits per heavy atom. The van der Waals surface area contributed by atoms with E-state index in [0.717, 1.165) is 12.7 Å². The number of aldehydes is 1. The van der Waals surface area contributed by atoms with Gasteiger partial charge in [-0.2, -0.15) is 0 Å². The summed E-state index contributed by atoms with van der Waals surface area (Å²) in [5, 5.41) is 0.111. The molecule has 0 radical (unpaired) electrons. The molecule has 0 saturated heterocycles. The first-order chi connectivity index (χ1) is 8.68. The third kappa shape index (κ3) is 11.2. The molecule has 0 heterocycles. The first kappa shape index (κ1) is 18.6. The van der Waals surface area contributed by atoms with Gasteiger partial charge in [0.15, 0.2) is 5.12 Å². The molecule has 19 heavy (non-hydrogen) atoms. The molecule has 0 unspecified atom stereocenters. The molecule has 112 valence electrons. The molecule has 0 aromatic heterocycles. The van der Waals surface area contributed by atoms with Gasteiger partial charge in [-0.25, -0.2) is 0 Å². The monoisotopic (exact) mass is 290 g/mol. The molecule has 0 aliphatic carbocycles. The summed E-state index contributed by atoms with van der Waals surface area (Å²) in [6, 6.07) is 0. The Hall–Kier alpha value is -0.390. The largest absolute Gasteiger partial charge is 0.375 e. The van der Waals surface area contributed by atoms with Crippen LogP contribution in [0.25, 0.3) is 0 Å². The highest BCUT2D eigenvalue weighted by molar-refractivity contribution is 8.13. The van der Waals surface area contributed by atoms with E-state index in [-0.39, 0.29) is 10.7 Å². The molecule has 0 rings (SSSR count). The third-order valence-corrected chi connectivity index (χ3v) is 3.43. The van der Waals surface area contributed by atoms with Gasteiger partial charge in [-0.3, -0.25) is 4.79 Å². The lowest BCUT2D eigenvalue weighted by Gasteiger charge is -2.28. The third-order valence-electron chi connectivity index (χ3n) is 2.65. The van der Waals surface area contributed by atoms with E-state index in [4.69, 9.17) is 9.47 Å². The fraction of sp³-hybridized carbons (Fsp3) is 0.857. The van der Waals surface area contributed by atoms with Gasteiger partial charge < -0.3 is 14.3 Å². The van der Waals surface area contributed by atoms with Crippen LogP contribution in [0, 0.1) is 0 Å². The van der Waals surface area contributed by atoms with Crippen molar-refractivity contribution in [1.29, 1.82) is 0 Å². The van der Waals surface area contributed by atoms with E-state index in [2.05, 4.69) is 0 Å². The molecule has 0 saturated carbocycles. The maximum absolute atomic E-state index is 10.8. The van der Waals surface area contributed by atoms with Crippen LogP contribution in [-0.4, -0.2) is 41.6 Å². The summed E-state index contributed by atoms with van der Waals surface area (Å²) in [5.41, 5.74) is -0.698. The lowest BCUT2D eigenvalue weighted by Crippen LogP contribution is -2.31. The van der Waals surface area contributed by atoms with Crippen molar-refractivity contribution < 1.29 is 19.1 Å². The zero-order valence-corrected chi connectivity index (χ0v) is 13.5. The summed E-state index contributed by atoms with van der Waals surface area (Å²) >= 11 is 1.27. The quantitative estimate of drug-likeness (QED) is 0.457. The van der Waals surface area contributed by atoms with Crippen molar-refractivity contribution >= 4 is 23.2 Å². The van der Waals surface area contributed by atoms with E-state index in [1.807, 2.05) is 27.7 Å². The number of hydrogen-bond acceptors (Lipinski definition) is 5. The Bertz CT molecular complexity index is 287. The van der Waals surface area contributed by atoms with E-state index in [1.54, 1.807) is 6.92 Å². The maximum Gasteiger partial charge on any atom is 0.185 e. The van der Waals surface area contributed by atoms with E-state index in [1.165, 1.54) is 11.8 Å². The van der Waals surface area contributed by atoms with Crippen LogP contribution in [0.4, 0.5) is 0 Å². The van der Waals surface area contributed by atoms with Crippen molar-refractivity contribution in [3.05, 3.63) is 0 Å². The molecular formula is C14H26O4S. The molecule has 0 bridgehead atoms. The highest BCUT2D eigenvalue weighted by Gasteiger charge is 2.22. The van der Waals surface area contributed by atoms with E-state index >= 15 is 0 Å². The molecule has 0 atom stereocenters. The Morgan fingerprint density at radius 2 is 1.68 bits per heavy atom. The summed E-state index contributed by atoms with van der Waals surface area (Å²) in [4.78, 5) is 21.2. The first-order valence-electron chi connectivity index (χ1n) is 6.53. The number of thioether (sulfide) groups is 1. The maximum atomic E-state index is 10.8. The number of ether oxygens (including phenoxy) is 2. The predicted molar refractivity (Wildman–Crippen MR) is 78.5 cm³/mol. The van der Waals surface area contributed by atoms with Gasteiger partial charge in [-0.05, 0) is 34.1 Å². The van der Waals surface area contributed by atoms with Gasteiger partial charge in [-0.1, -0.05) is 11.8 Å². The molecule has 0 fully saturated rings. The van der Waals surface area contributed by atoms with Gasteiger partial charge >= 0.3 is 0 Å². The second kappa shape index (κ2) is 8.72. The second-order valence-corrected chi connectivity index (χ2v) is 6.95. The van der Waals surface area contributed by atoms with E-state index in [9.17, 15) is 9.59 Å². The predicted octanol–water partition coefficient (Wildman–Crippen LogP) is 2.84. The molecule has 0 aromatic carbocycles. The Morgan fingerprint density at radius 3 is 2.21 bits per heavy atom. The van der Waals surface area contributed by atoms with Crippen LogP contribution in [0.15, 0.2) is 0 Å². The van der Waals surface area contributed by atoms with Crippen molar-refractivity contribution in [2.24, 2.45) is 0 Å². The van der Waals surface area contributed by atoms with Gasteiger partial charge in [0.2, 0.25) is 0 Å². The van der Waals surface area contributed by atoms with Crippen molar-refractivity contribution in [2.45, 2.75) is 58.7 Å². The van der Waals surface area contributed by atoms with Gasteiger partial charge in [0, 0.05) is 19.1 Å². The average Bonchev–Trinajstić information content (AvgIpc) is 2.23. The van der Waals surface area contributed by atoms with Crippen LogP contribution in [0.2, 0.25) is 0 Å². The Kier molecular flexibility index (Phi) is 8.54. The van der Waals surface area contributed by atoms with Gasteiger partial charge in [0.05, 0.1) is 24.4 Å². The Balaban J connectivity index is 3.83. The Labute approximate surface area is 120 Å². The molecule has 0 amide bonds. The van der Waals surface area contributed by atoms with Crippen molar-refractivity contribution in [1.82, 2.24) is 0 Å². The highest BCUT2D eigenvalue weighted by Crippen LogP contribution is 2.19. The second-order valence-electron chi connectivity index (χ2n) is 5.68. The first-order valence-corrected chi connectivity index (χ1v) is 7.52. The van der Waals surface area contributed by atoms with Crippen LogP contribution in [0.5, 0.6) is 0 Å². The SMILES string of the molecule is CC(=O)SCCOC(C)(C)CCOC(C)(C)CC=O. The van der Waals surface area contributed by atoms with Gasteiger partial charge in [0.1, 0.15) is 6.29 Å². The van der Waals surface area contributed by atoms with E-state index < -0.39 is 5.60 Å². The summed E-state index contributed by atoms with van der Waals surface area (Å²) in [6.45, 7) is 10.5. The van der Waals surface area contributed by atoms with Gasteiger partial charge in [-0.15, -0.1) is 0 Å². The summed E-state index contributed by atoms with van der Waals surface area (Å²) in [7, 11) is 0. The molecular weight excluding hydrogens is 264 g/mol. The summed E-state index contributed by atoms with van der Waals surface area (Å²) in [5.74, 6) is 0.677. The molecule has 0 spiro atoms. The smallest absolute Gasteiger partial charge is 0.185 e. The minimum absolute atomic E-state index is 0.111. The van der Waals surface area contributed by atoms with Crippen LogP contribution >= 0.6 is 11.8 Å². The highest BCUT2D eigenvalue weighted by atomic mass is 32.2. The van der Waals surface area contributed by atoms with Gasteiger partial charge in [0.25, 0.3) is 0 Å².